The molecule has 0 radical (unpaired) electrons. The zero-order chi connectivity index (χ0) is 11.8. The number of hydrogen-bond acceptors (Lipinski definition) is 3. The second-order valence-electron chi connectivity index (χ2n) is 5.14. The zero-order valence-corrected chi connectivity index (χ0v) is 10.3. The van der Waals surface area contributed by atoms with Crippen molar-refractivity contribution < 1.29 is 0 Å². The maximum atomic E-state index is 4.50. The lowest BCUT2D eigenvalue weighted by Crippen LogP contribution is -2.05. The molecule has 90 valence electrons. The molecular formula is C13H18N4. The van der Waals surface area contributed by atoms with E-state index < -0.39 is 0 Å². The predicted molar refractivity (Wildman–Crippen MR) is 69.1 cm³/mol. The molecule has 0 aliphatic heterocycles. The van der Waals surface area contributed by atoms with Crippen molar-refractivity contribution in [3.63, 3.8) is 0 Å². The van der Waals surface area contributed by atoms with Crippen molar-refractivity contribution in [2.45, 2.75) is 32.7 Å². The quantitative estimate of drug-likeness (QED) is 0.878. The number of nitrogens with one attached hydrogen (secondary N) is 1. The lowest BCUT2D eigenvalue weighted by molar-refractivity contribution is 0.546. The van der Waals surface area contributed by atoms with Crippen molar-refractivity contribution in [2.75, 3.05) is 11.9 Å². The largest absolute Gasteiger partial charge is 0.384 e. The van der Waals surface area contributed by atoms with Crippen LogP contribution in [0, 0.1) is 5.92 Å². The predicted octanol–water partition coefficient (Wildman–Crippen LogP) is 2.83. The van der Waals surface area contributed by atoms with Crippen LogP contribution in [0.15, 0.2) is 18.5 Å². The summed E-state index contributed by atoms with van der Waals surface area (Å²) in [4.78, 5) is 4.50. The number of hydrogen-bond donors (Lipinski definition) is 1. The maximum absolute atomic E-state index is 4.50. The Bertz CT molecular complexity index is 525. The fourth-order valence-corrected chi connectivity index (χ4v) is 2.00. The van der Waals surface area contributed by atoms with Gasteiger partial charge in [-0.3, -0.25) is 0 Å². The molecule has 0 unspecified atom stereocenters. The second kappa shape index (κ2) is 4.02. The van der Waals surface area contributed by atoms with Crippen molar-refractivity contribution in [1.29, 1.82) is 0 Å². The molecular weight excluding hydrogens is 212 g/mol. The first-order valence-electron chi connectivity index (χ1n) is 6.31. The van der Waals surface area contributed by atoms with Gasteiger partial charge in [0.05, 0.1) is 18.1 Å². The zero-order valence-electron chi connectivity index (χ0n) is 10.3. The average molecular weight is 230 g/mol. The standard InChI is InChI=1S/C13H18N4/c1-9(2)17-13-11(7-16-17)5-12(8-15-13)14-6-10-3-4-10/h5,7-10,14H,3-4,6H2,1-2H3. The summed E-state index contributed by atoms with van der Waals surface area (Å²) in [5, 5.41) is 8.92. The first-order chi connectivity index (χ1) is 8.24. The van der Waals surface area contributed by atoms with E-state index in [1.165, 1.54) is 12.8 Å². The lowest BCUT2D eigenvalue weighted by Gasteiger charge is -2.07. The van der Waals surface area contributed by atoms with Crippen molar-refractivity contribution in [1.82, 2.24) is 14.8 Å². The van der Waals surface area contributed by atoms with E-state index >= 15 is 0 Å². The third kappa shape index (κ3) is 2.12. The van der Waals surface area contributed by atoms with Crippen LogP contribution in [0.25, 0.3) is 11.0 Å². The second-order valence-corrected chi connectivity index (χ2v) is 5.14. The Morgan fingerprint density at radius 1 is 1.41 bits per heavy atom. The molecule has 4 heteroatoms. The fraction of sp³-hybridized carbons (Fsp3) is 0.538. The Morgan fingerprint density at radius 2 is 2.24 bits per heavy atom. The van der Waals surface area contributed by atoms with Crippen LogP contribution in [0.2, 0.25) is 0 Å². The van der Waals surface area contributed by atoms with E-state index in [-0.39, 0.29) is 0 Å². The van der Waals surface area contributed by atoms with Gasteiger partial charge < -0.3 is 5.32 Å². The van der Waals surface area contributed by atoms with Crippen LogP contribution in [-0.2, 0) is 0 Å². The molecule has 0 bridgehead atoms. The number of aromatic nitrogens is 3. The van der Waals surface area contributed by atoms with Gasteiger partial charge in [-0.2, -0.15) is 5.10 Å². The van der Waals surface area contributed by atoms with E-state index in [1.807, 2.05) is 17.1 Å². The van der Waals surface area contributed by atoms with Gasteiger partial charge in [-0.15, -0.1) is 0 Å². The van der Waals surface area contributed by atoms with Crippen molar-refractivity contribution in [2.24, 2.45) is 5.92 Å². The SMILES string of the molecule is CC(C)n1ncc2cc(NCC3CC3)cnc21. The van der Waals surface area contributed by atoms with Crippen molar-refractivity contribution >= 4 is 16.7 Å². The first kappa shape index (κ1) is 10.6. The lowest BCUT2D eigenvalue weighted by atomic mass is 10.3. The minimum Gasteiger partial charge on any atom is -0.384 e. The summed E-state index contributed by atoms with van der Waals surface area (Å²) in [6, 6.07) is 2.49. The minimum absolute atomic E-state index is 0.352. The highest BCUT2D eigenvalue weighted by atomic mass is 15.3. The highest BCUT2D eigenvalue weighted by molar-refractivity contribution is 5.78. The first-order valence-corrected chi connectivity index (χ1v) is 6.31. The summed E-state index contributed by atoms with van der Waals surface area (Å²) < 4.78 is 1.96. The number of anilines is 1. The molecule has 2 aromatic heterocycles. The van der Waals surface area contributed by atoms with Crippen LogP contribution < -0.4 is 5.32 Å². The summed E-state index contributed by atoms with van der Waals surface area (Å²) in [5.74, 6) is 0.879. The normalized spacial score (nSPS) is 15.7. The number of rotatable bonds is 4. The van der Waals surface area contributed by atoms with Crippen LogP contribution in [0.3, 0.4) is 0 Å². The van der Waals surface area contributed by atoms with E-state index in [4.69, 9.17) is 0 Å². The van der Waals surface area contributed by atoms with Crippen LogP contribution in [-0.4, -0.2) is 21.3 Å². The molecule has 1 aliphatic carbocycles. The van der Waals surface area contributed by atoms with E-state index in [0.717, 1.165) is 29.2 Å². The summed E-state index contributed by atoms with van der Waals surface area (Å²) in [6.07, 6.45) is 6.54. The van der Waals surface area contributed by atoms with Crippen LogP contribution >= 0.6 is 0 Å². The third-order valence-corrected chi connectivity index (χ3v) is 3.21. The number of nitrogens with zero attached hydrogens (tertiary/aromatic N) is 3. The molecule has 1 N–H and O–H groups in total. The smallest absolute Gasteiger partial charge is 0.158 e. The Labute approximate surface area is 101 Å². The molecule has 0 amide bonds. The summed E-state index contributed by atoms with van der Waals surface area (Å²) in [5.41, 5.74) is 2.07. The van der Waals surface area contributed by atoms with Gasteiger partial charge >= 0.3 is 0 Å². The van der Waals surface area contributed by atoms with Gasteiger partial charge in [0.25, 0.3) is 0 Å². The summed E-state index contributed by atoms with van der Waals surface area (Å²) >= 11 is 0. The number of fused-ring (bicyclic) bond motifs is 1. The Kier molecular flexibility index (Phi) is 2.50. The van der Waals surface area contributed by atoms with E-state index in [0.29, 0.717) is 6.04 Å². The maximum Gasteiger partial charge on any atom is 0.158 e. The molecule has 1 saturated carbocycles. The Hall–Kier alpha value is -1.58. The van der Waals surface area contributed by atoms with E-state index in [2.05, 4.69) is 35.3 Å². The van der Waals surface area contributed by atoms with Gasteiger partial charge in [0.15, 0.2) is 5.65 Å². The minimum atomic E-state index is 0.352. The van der Waals surface area contributed by atoms with Gasteiger partial charge in [-0.1, -0.05) is 0 Å². The molecule has 17 heavy (non-hydrogen) atoms. The van der Waals surface area contributed by atoms with Gasteiger partial charge in [0, 0.05) is 18.0 Å². The topological polar surface area (TPSA) is 42.7 Å². The highest BCUT2D eigenvalue weighted by Gasteiger charge is 2.20. The van der Waals surface area contributed by atoms with Gasteiger partial charge in [0.2, 0.25) is 0 Å². The van der Waals surface area contributed by atoms with Gasteiger partial charge in [-0.05, 0) is 38.7 Å². The molecule has 1 fully saturated rings. The molecule has 0 atom stereocenters. The summed E-state index contributed by atoms with van der Waals surface area (Å²) in [6.45, 7) is 5.31. The van der Waals surface area contributed by atoms with Gasteiger partial charge in [-0.25, -0.2) is 9.67 Å². The van der Waals surface area contributed by atoms with Crippen LogP contribution in [0.4, 0.5) is 5.69 Å². The molecule has 4 nitrogen and oxygen atoms in total. The van der Waals surface area contributed by atoms with Crippen molar-refractivity contribution in [3.05, 3.63) is 18.5 Å². The molecule has 1 aliphatic rings. The van der Waals surface area contributed by atoms with Gasteiger partial charge in [0.1, 0.15) is 0 Å². The molecule has 2 heterocycles. The van der Waals surface area contributed by atoms with Crippen LogP contribution in [0.5, 0.6) is 0 Å². The summed E-state index contributed by atoms with van der Waals surface area (Å²) in [7, 11) is 0. The molecule has 3 rings (SSSR count). The third-order valence-electron chi connectivity index (χ3n) is 3.21. The van der Waals surface area contributed by atoms with Crippen molar-refractivity contribution in [3.8, 4) is 0 Å². The highest BCUT2D eigenvalue weighted by Crippen LogP contribution is 2.29. The van der Waals surface area contributed by atoms with E-state index in [9.17, 15) is 0 Å². The molecule has 0 saturated heterocycles. The monoisotopic (exact) mass is 230 g/mol. The molecule has 0 aromatic carbocycles. The Morgan fingerprint density at radius 3 is 2.94 bits per heavy atom. The number of pyridine rings is 1. The molecule has 2 aromatic rings. The Balaban J connectivity index is 1.85. The average Bonchev–Trinajstić information content (AvgIpc) is 3.04. The fourth-order valence-electron chi connectivity index (χ4n) is 2.00. The van der Waals surface area contributed by atoms with E-state index in [1.54, 1.807) is 0 Å². The van der Waals surface area contributed by atoms with Crippen LogP contribution in [0.1, 0.15) is 32.7 Å². The molecule has 0 spiro atoms.